The van der Waals surface area contributed by atoms with Gasteiger partial charge in [0.05, 0.1) is 0 Å². The normalized spacial score (nSPS) is 33.8. The average Bonchev–Trinajstić information content (AvgIpc) is 2.95. The van der Waals surface area contributed by atoms with E-state index in [1.54, 1.807) is 0 Å². The second kappa shape index (κ2) is 6.32. The van der Waals surface area contributed by atoms with Gasteiger partial charge >= 0.3 is 0 Å². The van der Waals surface area contributed by atoms with Crippen LogP contribution in [-0.2, 0) is 0 Å². The van der Waals surface area contributed by atoms with Crippen LogP contribution in [0.3, 0.4) is 0 Å². The number of nitrogens with zero attached hydrogens (tertiary/aromatic N) is 1. The van der Waals surface area contributed by atoms with Gasteiger partial charge in [0.1, 0.15) is 12.4 Å². The largest absolute Gasteiger partial charge is 0.492 e. The Labute approximate surface area is 140 Å². The van der Waals surface area contributed by atoms with Crippen molar-refractivity contribution in [2.45, 2.75) is 26.7 Å². The molecule has 0 heterocycles. The predicted octanol–water partition coefficient (Wildman–Crippen LogP) is 4.32. The molecule has 5 rings (SSSR count). The number of ether oxygens (including phenoxy) is 1. The third kappa shape index (κ3) is 2.82. The lowest BCUT2D eigenvalue weighted by molar-refractivity contribution is 0.222. The summed E-state index contributed by atoms with van der Waals surface area (Å²) in [7, 11) is 0. The first-order valence-corrected chi connectivity index (χ1v) is 9.44. The van der Waals surface area contributed by atoms with Gasteiger partial charge in [-0.2, -0.15) is 0 Å². The second-order valence-corrected chi connectivity index (χ2v) is 7.49. The minimum Gasteiger partial charge on any atom is -0.492 e. The third-order valence-corrected chi connectivity index (χ3v) is 6.51. The fourth-order valence-electron chi connectivity index (χ4n) is 5.21. The number of hydrogen-bond acceptors (Lipinski definition) is 2. The highest BCUT2D eigenvalue weighted by Crippen LogP contribution is 2.73. The van der Waals surface area contributed by atoms with Crippen molar-refractivity contribution in [2.24, 2.45) is 29.6 Å². The standard InChI is InChI=1S/C21H29NO/c1-3-22(4-2)11-12-23-20-8-6-5-7-15(20)9-10-17-16-13-18-19(14-16)21(17)18/h5-10,16-19,21H,3-4,11-14H2,1-2H3/b10-9+. The molecule has 0 aliphatic heterocycles. The van der Waals surface area contributed by atoms with E-state index in [4.69, 9.17) is 4.74 Å². The zero-order chi connectivity index (χ0) is 15.8. The highest BCUT2D eigenvalue weighted by Gasteiger charge is 2.67. The van der Waals surface area contributed by atoms with Gasteiger partial charge in [-0.25, -0.2) is 0 Å². The lowest BCUT2D eigenvalue weighted by atomic mass is 9.97. The average molecular weight is 311 g/mol. The summed E-state index contributed by atoms with van der Waals surface area (Å²) in [6.07, 6.45) is 7.83. The topological polar surface area (TPSA) is 12.5 Å². The maximum Gasteiger partial charge on any atom is 0.126 e. The van der Waals surface area contributed by atoms with Crippen LogP contribution in [0.2, 0.25) is 0 Å². The molecule has 23 heavy (non-hydrogen) atoms. The molecular formula is C21H29NO. The smallest absolute Gasteiger partial charge is 0.126 e. The molecule has 0 N–H and O–H groups in total. The Bertz CT molecular complexity index is 563. The van der Waals surface area contributed by atoms with Gasteiger partial charge in [-0.3, -0.25) is 0 Å². The molecule has 3 atom stereocenters. The lowest BCUT2D eigenvalue weighted by Crippen LogP contribution is -2.27. The fraction of sp³-hybridized carbons (Fsp3) is 0.619. The maximum atomic E-state index is 6.07. The summed E-state index contributed by atoms with van der Waals surface area (Å²) >= 11 is 0. The van der Waals surface area contributed by atoms with Gasteiger partial charge in [-0.05, 0) is 61.6 Å². The van der Waals surface area contributed by atoms with Crippen molar-refractivity contribution >= 4 is 6.08 Å². The number of rotatable bonds is 8. The predicted molar refractivity (Wildman–Crippen MR) is 95.4 cm³/mol. The van der Waals surface area contributed by atoms with Gasteiger partial charge in [0.2, 0.25) is 0 Å². The third-order valence-electron chi connectivity index (χ3n) is 6.51. The number of hydrogen-bond donors (Lipinski definition) is 0. The molecule has 4 bridgehead atoms. The molecule has 0 spiro atoms. The molecule has 0 radical (unpaired) electrons. The molecule has 4 aliphatic carbocycles. The van der Waals surface area contributed by atoms with E-state index in [2.05, 4.69) is 55.2 Å². The van der Waals surface area contributed by atoms with Crippen molar-refractivity contribution in [3.8, 4) is 5.75 Å². The monoisotopic (exact) mass is 311 g/mol. The van der Waals surface area contributed by atoms with Crippen molar-refractivity contribution < 1.29 is 4.74 Å². The fourth-order valence-corrected chi connectivity index (χ4v) is 5.21. The molecule has 124 valence electrons. The summed E-state index contributed by atoms with van der Waals surface area (Å²) in [6, 6.07) is 8.49. The molecule has 3 unspecified atom stereocenters. The minimum atomic E-state index is 0.769. The number of likely N-dealkylation sites (N-methyl/N-ethyl adjacent to an activating group) is 1. The summed E-state index contributed by atoms with van der Waals surface area (Å²) in [5.74, 6) is 6.10. The lowest BCUT2D eigenvalue weighted by Gasteiger charge is -2.18. The van der Waals surface area contributed by atoms with Crippen LogP contribution in [0, 0.1) is 29.6 Å². The highest BCUT2D eigenvalue weighted by atomic mass is 16.5. The summed E-state index contributed by atoms with van der Waals surface area (Å²) in [6.45, 7) is 8.37. The van der Waals surface area contributed by atoms with Crippen LogP contribution < -0.4 is 4.74 Å². The van der Waals surface area contributed by atoms with E-state index in [1.807, 2.05) is 0 Å². The molecule has 4 saturated carbocycles. The SMILES string of the molecule is CCN(CC)CCOc1ccccc1/C=C/C1C2CC3C(C2)C13. The highest BCUT2D eigenvalue weighted by molar-refractivity contribution is 5.57. The van der Waals surface area contributed by atoms with Crippen LogP contribution in [0.15, 0.2) is 30.3 Å². The van der Waals surface area contributed by atoms with E-state index < -0.39 is 0 Å². The van der Waals surface area contributed by atoms with Gasteiger partial charge < -0.3 is 9.64 Å². The summed E-state index contributed by atoms with van der Waals surface area (Å²) in [5, 5.41) is 0. The first kappa shape index (κ1) is 15.3. The van der Waals surface area contributed by atoms with E-state index >= 15 is 0 Å². The van der Waals surface area contributed by atoms with E-state index in [-0.39, 0.29) is 0 Å². The summed E-state index contributed by atoms with van der Waals surface area (Å²) < 4.78 is 6.07. The minimum absolute atomic E-state index is 0.769. The maximum absolute atomic E-state index is 6.07. The Hall–Kier alpha value is -1.28. The van der Waals surface area contributed by atoms with Gasteiger partial charge in [0.15, 0.2) is 0 Å². The zero-order valence-corrected chi connectivity index (χ0v) is 14.4. The van der Waals surface area contributed by atoms with Crippen LogP contribution in [-0.4, -0.2) is 31.1 Å². The first-order chi connectivity index (χ1) is 11.3. The Morgan fingerprint density at radius 1 is 1.13 bits per heavy atom. The quantitative estimate of drug-likeness (QED) is 0.709. The van der Waals surface area contributed by atoms with Crippen LogP contribution in [0.5, 0.6) is 5.75 Å². The van der Waals surface area contributed by atoms with Crippen molar-refractivity contribution in [3.05, 3.63) is 35.9 Å². The molecule has 4 aliphatic rings. The number of allylic oxidation sites excluding steroid dienone is 1. The summed E-state index contributed by atoms with van der Waals surface area (Å²) in [5.41, 5.74) is 1.24. The van der Waals surface area contributed by atoms with Gasteiger partial charge in [0, 0.05) is 12.1 Å². The van der Waals surface area contributed by atoms with Crippen molar-refractivity contribution in [3.63, 3.8) is 0 Å². The van der Waals surface area contributed by atoms with Crippen LogP contribution in [0.25, 0.3) is 6.08 Å². The number of para-hydroxylation sites is 1. The molecule has 2 nitrogen and oxygen atoms in total. The van der Waals surface area contributed by atoms with Crippen LogP contribution in [0.4, 0.5) is 0 Å². The van der Waals surface area contributed by atoms with Crippen molar-refractivity contribution in [2.75, 3.05) is 26.2 Å². The second-order valence-electron chi connectivity index (χ2n) is 7.49. The van der Waals surface area contributed by atoms with Gasteiger partial charge in [-0.1, -0.05) is 44.2 Å². The Morgan fingerprint density at radius 3 is 2.52 bits per heavy atom. The molecule has 1 aromatic rings. The van der Waals surface area contributed by atoms with E-state index in [9.17, 15) is 0 Å². The van der Waals surface area contributed by atoms with Gasteiger partial charge in [0.25, 0.3) is 0 Å². The Kier molecular flexibility index (Phi) is 4.19. The van der Waals surface area contributed by atoms with Crippen molar-refractivity contribution in [1.29, 1.82) is 0 Å². The first-order valence-electron chi connectivity index (χ1n) is 9.44. The Balaban J connectivity index is 1.37. The van der Waals surface area contributed by atoms with Gasteiger partial charge in [-0.15, -0.1) is 0 Å². The van der Waals surface area contributed by atoms with E-state index in [0.29, 0.717) is 0 Å². The zero-order valence-electron chi connectivity index (χ0n) is 14.4. The van der Waals surface area contributed by atoms with Crippen LogP contribution >= 0.6 is 0 Å². The molecule has 1 aromatic carbocycles. The summed E-state index contributed by atoms with van der Waals surface area (Å²) in [4.78, 5) is 2.40. The molecular weight excluding hydrogens is 282 g/mol. The molecule has 0 amide bonds. The van der Waals surface area contributed by atoms with E-state index in [0.717, 1.165) is 61.6 Å². The number of benzene rings is 1. The van der Waals surface area contributed by atoms with Crippen molar-refractivity contribution in [1.82, 2.24) is 4.90 Å². The molecule has 4 fully saturated rings. The molecule has 2 heteroatoms. The molecule has 0 saturated heterocycles. The Morgan fingerprint density at radius 2 is 1.87 bits per heavy atom. The molecule has 0 aromatic heterocycles. The van der Waals surface area contributed by atoms with E-state index in [1.165, 1.54) is 18.4 Å². The van der Waals surface area contributed by atoms with Crippen LogP contribution in [0.1, 0.15) is 32.3 Å².